The van der Waals surface area contributed by atoms with Crippen molar-refractivity contribution in [3.8, 4) is 0 Å². The van der Waals surface area contributed by atoms with E-state index in [1.165, 1.54) is 0 Å². The average molecular weight is 394 g/mol. The predicted octanol–water partition coefficient (Wildman–Crippen LogP) is 3.67. The van der Waals surface area contributed by atoms with Gasteiger partial charge in [0.25, 0.3) is 0 Å². The lowest BCUT2D eigenvalue weighted by atomic mass is 10.2. The zero-order valence-corrected chi connectivity index (χ0v) is 17.3. The van der Waals surface area contributed by atoms with Crippen molar-refractivity contribution in [1.29, 1.82) is 0 Å². The summed E-state index contributed by atoms with van der Waals surface area (Å²) in [6.07, 6.45) is -0.347. The molecule has 1 unspecified atom stereocenters. The first-order valence-corrected chi connectivity index (χ1v) is 11.9. The van der Waals surface area contributed by atoms with Gasteiger partial charge in [-0.25, -0.2) is 0 Å². The minimum atomic E-state index is -3.79. The molecule has 0 saturated heterocycles. The topological polar surface area (TPSA) is 109 Å². The Morgan fingerprint density at radius 1 is 1.12 bits per heavy atom. The third kappa shape index (κ3) is 9.76. The number of nitrogens with zero attached hydrogens (tertiary/aromatic N) is 1. The van der Waals surface area contributed by atoms with Crippen molar-refractivity contribution in [2.45, 2.75) is 46.9 Å². The first kappa shape index (κ1) is 22.7. The number of hydrogen-bond acceptors (Lipinski definition) is 6. The molecule has 1 heterocycles. The van der Waals surface area contributed by atoms with Crippen LogP contribution < -0.4 is 0 Å². The van der Waals surface area contributed by atoms with Gasteiger partial charge in [0.15, 0.2) is 6.16 Å². The van der Waals surface area contributed by atoms with Crippen molar-refractivity contribution in [2.24, 2.45) is 11.8 Å². The van der Waals surface area contributed by atoms with Crippen molar-refractivity contribution in [1.82, 2.24) is 4.98 Å². The average Bonchev–Trinajstić information content (AvgIpc) is 2.41. The molecule has 0 aliphatic carbocycles. The van der Waals surface area contributed by atoms with Crippen LogP contribution in [0.3, 0.4) is 0 Å². The lowest BCUT2D eigenvalue weighted by molar-refractivity contribution is 0.202. The second-order valence-corrected chi connectivity index (χ2v) is 10.9. The standard InChI is InChI=1S/C16H29NO6P2/c1-12(2)8-22-24(18,19)10-15-6-14(5)7-16(17-15)11-25(20,21)23-9-13(3)4/h6-7,12-13,18-19H,8-11H2,1-5H3/p+1. The molecule has 0 aliphatic heterocycles. The van der Waals surface area contributed by atoms with Gasteiger partial charge in [0, 0.05) is 0 Å². The van der Waals surface area contributed by atoms with E-state index in [0.29, 0.717) is 11.4 Å². The molecule has 1 rings (SSSR count). The number of aromatic nitrogens is 1. The van der Waals surface area contributed by atoms with E-state index in [-0.39, 0.29) is 37.4 Å². The Morgan fingerprint density at radius 3 is 2.24 bits per heavy atom. The largest absolute Gasteiger partial charge is 0.412 e. The van der Waals surface area contributed by atoms with Crippen LogP contribution in [0.4, 0.5) is 0 Å². The van der Waals surface area contributed by atoms with E-state index in [1.54, 1.807) is 12.1 Å². The highest BCUT2D eigenvalue weighted by molar-refractivity contribution is 7.58. The summed E-state index contributed by atoms with van der Waals surface area (Å²) in [4.78, 5) is 34.3. The van der Waals surface area contributed by atoms with Gasteiger partial charge < -0.3 is 9.42 Å². The zero-order valence-electron chi connectivity index (χ0n) is 15.5. The molecule has 9 heteroatoms. The summed E-state index contributed by atoms with van der Waals surface area (Å²) in [6, 6.07) is 3.40. The molecule has 0 bridgehead atoms. The Labute approximate surface area is 150 Å². The van der Waals surface area contributed by atoms with Crippen LogP contribution in [-0.4, -0.2) is 32.9 Å². The molecule has 0 spiro atoms. The number of aryl methyl sites for hydroxylation is 1. The molecule has 0 aromatic carbocycles. The Balaban J connectivity index is 2.83. The molecular formula is C16H30NO6P2+. The molecule has 1 aromatic rings. The van der Waals surface area contributed by atoms with Crippen LogP contribution in [0.25, 0.3) is 0 Å². The van der Waals surface area contributed by atoms with E-state index in [9.17, 15) is 19.2 Å². The second kappa shape index (κ2) is 9.52. The minimum Gasteiger partial charge on any atom is -0.324 e. The maximum absolute atomic E-state index is 12.1. The van der Waals surface area contributed by atoms with Crippen molar-refractivity contribution in [3.05, 3.63) is 29.1 Å². The smallest absolute Gasteiger partial charge is 0.324 e. The van der Waals surface area contributed by atoms with Gasteiger partial charge >= 0.3 is 15.5 Å². The van der Waals surface area contributed by atoms with Crippen LogP contribution >= 0.6 is 15.5 Å². The molecule has 0 aliphatic rings. The van der Waals surface area contributed by atoms with Crippen LogP contribution in [0.2, 0.25) is 0 Å². The number of rotatable bonds is 10. The fourth-order valence-electron chi connectivity index (χ4n) is 2.02. The van der Waals surface area contributed by atoms with Gasteiger partial charge in [0.1, 0.15) is 0 Å². The molecule has 144 valence electrons. The maximum Gasteiger partial charge on any atom is 0.412 e. The summed E-state index contributed by atoms with van der Waals surface area (Å²) in [7, 11) is -7.35. The molecule has 1 aromatic heterocycles. The molecular weight excluding hydrogens is 364 g/mol. The quantitative estimate of drug-likeness (QED) is 0.520. The van der Waals surface area contributed by atoms with Gasteiger partial charge in [-0.05, 0) is 36.5 Å². The van der Waals surface area contributed by atoms with E-state index in [4.69, 9.17) is 9.05 Å². The van der Waals surface area contributed by atoms with Crippen LogP contribution in [0.5, 0.6) is 0 Å². The Hall–Kier alpha value is -0.390. The molecule has 0 saturated carbocycles. The van der Waals surface area contributed by atoms with Gasteiger partial charge in [0.05, 0.1) is 30.8 Å². The fraction of sp³-hybridized carbons (Fsp3) is 0.688. The third-order valence-electron chi connectivity index (χ3n) is 3.03. The van der Waals surface area contributed by atoms with Crippen LogP contribution in [0.1, 0.15) is 44.6 Å². The second-order valence-electron chi connectivity index (χ2n) is 7.12. The molecule has 3 N–H and O–H groups in total. The SMILES string of the molecule is Cc1cc(CP(=O)(O)OCC(C)C)nc(C[P+](O)(O)OCC(C)C)c1. The summed E-state index contributed by atoms with van der Waals surface area (Å²) in [6.45, 7) is 9.87. The number of pyridine rings is 1. The summed E-state index contributed by atoms with van der Waals surface area (Å²) in [5, 5.41) is 0. The van der Waals surface area contributed by atoms with E-state index in [2.05, 4.69) is 4.98 Å². The summed E-state index contributed by atoms with van der Waals surface area (Å²) >= 11 is 0. The van der Waals surface area contributed by atoms with Crippen LogP contribution in [0.15, 0.2) is 12.1 Å². The molecule has 0 radical (unpaired) electrons. The monoisotopic (exact) mass is 394 g/mol. The minimum absolute atomic E-state index is 0.128. The Morgan fingerprint density at radius 2 is 1.68 bits per heavy atom. The van der Waals surface area contributed by atoms with Crippen LogP contribution in [-0.2, 0) is 25.9 Å². The van der Waals surface area contributed by atoms with E-state index < -0.39 is 15.5 Å². The van der Waals surface area contributed by atoms with E-state index in [1.807, 2.05) is 34.6 Å². The molecule has 7 nitrogen and oxygen atoms in total. The molecule has 0 amide bonds. The Bertz CT molecular complexity index is 606. The van der Waals surface area contributed by atoms with Gasteiger partial charge in [0.2, 0.25) is 0 Å². The number of hydrogen-bond donors (Lipinski definition) is 3. The van der Waals surface area contributed by atoms with E-state index in [0.717, 1.165) is 5.56 Å². The fourth-order valence-corrected chi connectivity index (χ4v) is 4.43. The van der Waals surface area contributed by atoms with Gasteiger partial charge in [-0.15, -0.1) is 0 Å². The Kier molecular flexibility index (Phi) is 8.62. The lowest BCUT2D eigenvalue weighted by Gasteiger charge is -2.15. The highest BCUT2D eigenvalue weighted by atomic mass is 31.2. The third-order valence-corrected chi connectivity index (χ3v) is 5.60. The highest BCUT2D eigenvalue weighted by Gasteiger charge is 2.37. The highest BCUT2D eigenvalue weighted by Crippen LogP contribution is 2.54. The summed E-state index contributed by atoms with van der Waals surface area (Å²) in [5.41, 5.74) is 1.61. The molecule has 25 heavy (non-hydrogen) atoms. The van der Waals surface area contributed by atoms with Gasteiger partial charge in [-0.3, -0.25) is 9.55 Å². The lowest BCUT2D eigenvalue weighted by Crippen LogP contribution is -2.08. The zero-order chi connectivity index (χ0) is 19.3. The molecule has 1 atom stereocenters. The maximum atomic E-state index is 12.1. The normalized spacial score (nSPS) is 15.0. The first-order chi connectivity index (χ1) is 11.4. The molecule has 0 fully saturated rings. The van der Waals surface area contributed by atoms with E-state index >= 15 is 0 Å². The van der Waals surface area contributed by atoms with Crippen molar-refractivity contribution < 1.29 is 28.3 Å². The van der Waals surface area contributed by atoms with Crippen LogP contribution in [0, 0.1) is 18.8 Å². The first-order valence-electron chi connectivity index (χ1n) is 8.29. The van der Waals surface area contributed by atoms with Crippen molar-refractivity contribution in [2.75, 3.05) is 13.2 Å². The van der Waals surface area contributed by atoms with Gasteiger partial charge in [-0.2, -0.15) is 14.3 Å². The van der Waals surface area contributed by atoms with Crippen molar-refractivity contribution in [3.63, 3.8) is 0 Å². The van der Waals surface area contributed by atoms with Gasteiger partial charge in [-0.1, -0.05) is 27.7 Å². The summed E-state index contributed by atoms with van der Waals surface area (Å²) < 4.78 is 22.4. The van der Waals surface area contributed by atoms with Crippen molar-refractivity contribution >= 4 is 15.5 Å². The summed E-state index contributed by atoms with van der Waals surface area (Å²) in [5.74, 6) is 0.326. The predicted molar refractivity (Wildman–Crippen MR) is 99.1 cm³/mol.